The average molecular weight is 464 g/mol. The molecule has 3 rings (SSSR count). The molecular formula is C25H41N3O5. The third kappa shape index (κ3) is 7.42. The monoisotopic (exact) mass is 463 g/mol. The summed E-state index contributed by atoms with van der Waals surface area (Å²) in [5.41, 5.74) is 10.2. The minimum atomic E-state index is -1.09. The third-order valence-electron chi connectivity index (χ3n) is 7.00. The summed E-state index contributed by atoms with van der Waals surface area (Å²) in [5.74, 6) is 0.731. The zero-order valence-electron chi connectivity index (χ0n) is 20.3. The molecule has 2 fully saturated rings. The number of rotatable bonds is 7. The van der Waals surface area contributed by atoms with Crippen molar-refractivity contribution in [3.05, 3.63) is 29.8 Å². The Morgan fingerprint density at radius 1 is 1.24 bits per heavy atom. The summed E-state index contributed by atoms with van der Waals surface area (Å²) in [5, 5.41) is 11.4. The second-order valence-corrected chi connectivity index (χ2v) is 9.70. The van der Waals surface area contributed by atoms with Crippen LogP contribution in [0.25, 0.3) is 0 Å². The molecule has 1 amide bonds. The summed E-state index contributed by atoms with van der Waals surface area (Å²) in [6.07, 6.45) is 7.32. The Morgan fingerprint density at radius 2 is 1.94 bits per heavy atom. The van der Waals surface area contributed by atoms with Gasteiger partial charge in [0.05, 0.1) is 12.7 Å². The van der Waals surface area contributed by atoms with Crippen LogP contribution in [0.1, 0.15) is 56.9 Å². The Morgan fingerprint density at radius 3 is 2.45 bits per heavy atom. The van der Waals surface area contributed by atoms with Crippen molar-refractivity contribution in [3.8, 4) is 5.75 Å². The topological polar surface area (TPSA) is 128 Å². The van der Waals surface area contributed by atoms with Crippen LogP contribution < -0.4 is 16.2 Å². The number of hydrogen-bond acceptors (Lipinski definition) is 7. The van der Waals surface area contributed by atoms with Gasteiger partial charge in [-0.2, -0.15) is 0 Å². The van der Waals surface area contributed by atoms with Crippen LogP contribution in [0.5, 0.6) is 5.75 Å². The summed E-state index contributed by atoms with van der Waals surface area (Å²) in [4.78, 5) is 23.8. The van der Waals surface area contributed by atoms with E-state index < -0.39 is 11.7 Å². The van der Waals surface area contributed by atoms with Gasteiger partial charge in [-0.15, -0.1) is 0 Å². The van der Waals surface area contributed by atoms with E-state index in [2.05, 4.69) is 4.90 Å². The van der Waals surface area contributed by atoms with Crippen LogP contribution in [0.15, 0.2) is 24.3 Å². The van der Waals surface area contributed by atoms with Crippen molar-refractivity contribution in [3.63, 3.8) is 0 Å². The van der Waals surface area contributed by atoms with E-state index in [1.807, 2.05) is 38.4 Å². The Bertz CT molecular complexity index is 766. The van der Waals surface area contributed by atoms with E-state index in [0.29, 0.717) is 25.1 Å². The Labute approximate surface area is 197 Å². The standard InChI is InChI=1S/C17H26N2O4.C8H15NO/c1-19(2)11-13-7-8-15(23-16(18)20)10-17(13,21)12-5-4-6-14(9-12)22-3;9-6-8(7-10)4-2-1-3-5-8/h4-6,9,13,15,21H,7-8,10-11H2,1-3H3,(H2,18,20);7H,1-6,9H2. The fourth-order valence-corrected chi connectivity index (χ4v) is 5.06. The number of carbonyl (C=O) groups excluding carboxylic acids is 2. The van der Waals surface area contributed by atoms with E-state index >= 15 is 0 Å². The molecule has 3 atom stereocenters. The third-order valence-corrected chi connectivity index (χ3v) is 7.00. The summed E-state index contributed by atoms with van der Waals surface area (Å²) in [6, 6.07) is 7.43. The van der Waals surface area contributed by atoms with Gasteiger partial charge in [0, 0.05) is 30.8 Å². The molecule has 33 heavy (non-hydrogen) atoms. The number of carbonyl (C=O) groups is 2. The fourth-order valence-electron chi connectivity index (χ4n) is 5.06. The highest BCUT2D eigenvalue weighted by Gasteiger charge is 2.45. The number of primary amides is 1. The predicted octanol–water partition coefficient (Wildman–Crippen LogP) is 2.80. The van der Waals surface area contributed by atoms with E-state index in [1.54, 1.807) is 7.11 Å². The number of nitrogens with two attached hydrogens (primary N) is 2. The number of amides is 1. The number of nitrogens with zero attached hydrogens (tertiary/aromatic N) is 1. The van der Waals surface area contributed by atoms with E-state index in [-0.39, 0.29) is 17.4 Å². The zero-order chi connectivity index (χ0) is 24.5. The molecule has 8 heteroatoms. The SMILES string of the molecule is COc1cccc(C2(O)CC(OC(N)=O)CCC2CN(C)C)c1.NCC1(C=O)CCCCC1. The highest BCUT2D eigenvalue weighted by molar-refractivity contribution is 5.64. The van der Waals surface area contributed by atoms with Crippen LogP contribution in [0, 0.1) is 11.3 Å². The first-order valence-corrected chi connectivity index (χ1v) is 11.8. The van der Waals surface area contributed by atoms with Gasteiger partial charge in [0.25, 0.3) is 0 Å². The highest BCUT2D eigenvalue weighted by Crippen LogP contribution is 2.43. The minimum absolute atomic E-state index is 0.0392. The summed E-state index contributed by atoms with van der Waals surface area (Å²) >= 11 is 0. The summed E-state index contributed by atoms with van der Waals surface area (Å²) in [6.45, 7) is 1.29. The maximum atomic E-state index is 11.4. The molecule has 2 aliphatic rings. The van der Waals surface area contributed by atoms with E-state index in [4.69, 9.17) is 20.9 Å². The van der Waals surface area contributed by atoms with Crippen LogP contribution in [0.3, 0.4) is 0 Å². The van der Waals surface area contributed by atoms with Gasteiger partial charge in [0.1, 0.15) is 18.1 Å². The number of benzene rings is 1. The van der Waals surface area contributed by atoms with Crippen molar-refractivity contribution in [2.45, 2.75) is 63.1 Å². The second-order valence-electron chi connectivity index (χ2n) is 9.70. The number of ether oxygens (including phenoxy) is 2. The molecule has 1 aromatic carbocycles. The van der Waals surface area contributed by atoms with Gasteiger partial charge in [-0.25, -0.2) is 4.79 Å². The zero-order valence-corrected chi connectivity index (χ0v) is 20.3. The van der Waals surface area contributed by atoms with E-state index in [9.17, 15) is 14.7 Å². The van der Waals surface area contributed by atoms with Crippen molar-refractivity contribution >= 4 is 12.4 Å². The maximum absolute atomic E-state index is 11.4. The minimum Gasteiger partial charge on any atom is -0.497 e. The van der Waals surface area contributed by atoms with Crippen molar-refractivity contribution in [1.82, 2.24) is 4.90 Å². The lowest BCUT2D eigenvalue weighted by atomic mass is 9.70. The molecule has 0 aliphatic heterocycles. The first-order chi connectivity index (χ1) is 15.7. The predicted molar refractivity (Wildman–Crippen MR) is 128 cm³/mol. The first kappa shape index (κ1) is 27.1. The van der Waals surface area contributed by atoms with Gasteiger partial charge in [0.15, 0.2) is 0 Å². The quantitative estimate of drug-likeness (QED) is 0.530. The lowest BCUT2D eigenvalue weighted by Crippen LogP contribution is -2.48. The molecule has 0 aromatic heterocycles. The van der Waals surface area contributed by atoms with E-state index in [1.165, 1.54) is 19.3 Å². The van der Waals surface area contributed by atoms with Gasteiger partial charge < -0.3 is 35.7 Å². The smallest absolute Gasteiger partial charge is 0.404 e. The second kappa shape index (κ2) is 12.3. The average Bonchev–Trinajstić information content (AvgIpc) is 2.81. The molecule has 0 spiro atoms. The largest absolute Gasteiger partial charge is 0.497 e. The van der Waals surface area contributed by atoms with Crippen LogP contribution in [-0.2, 0) is 15.1 Å². The van der Waals surface area contributed by atoms with Crippen molar-refractivity contribution in [2.75, 3.05) is 34.3 Å². The van der Waals surface area contributed by atoms with Gasteiger partial charge in [0.2, 0.25) is 0 Å². The van der Waals surface area contributed by atoms with Crippen molar-refractivity contribution in [2.24, 2.45) is 22.8 Å². The van der Waals surface area contributed by atoms with Crippen LogP contribution in [0.2, 0.25) is 0 Å². The summed E-state index contributed by atoms with van der Waals surface area (Å²) in [7, 11) is 5.57. The summed E-state index contributed by atoms with van der Waals surface area (Å²) < 4.78 is 10.4. The molecular weight excluding hydrogens is 422 g/mol. The van der Waals surface area contributed by atoms with Gasteiger partial charge in [-0.1, -0.05) is 31.4 Å². The molecule has 186 valence electrons. The molecule has 0 bridgehead atoms. The van der Waals surface area contributed by atoms with Gasteiger partial charge >= 0.3 is 6.09 Å². The van der Waals surface area contributed by atoms with Crippen molar-refractivity contribution in [1.29, 1.82) is 0 Å². The fraction of sp³-hybridized carbons (Fsp3) is 0.680. The van der Waals surface area contributed by atoms with Crippen LogP contribution in [-0.4, -0.2) is 62.8 Å². The Balaban J connectivity index is 0.000000321. The maximum Gasteiger partial charge on any atom is 0.404 e. The molecule has 0 saturated heterocycles. The van der Waals surface area contributed by atoms with E-state index in [0.717, 1.165) is 37.7 Å². The number of methoxy groups -OCH3 is 1. The molecule has 5 N–H and O–H groups in total. The first-order valence-electron chi connectivity index (χ1n) is 11.8. The molecule has 3 unspecified atom stereocenters. The Kier molecular flexibility index (Phi) is 10.1. The number of aliphatic hydroxyl groups is 1. The lowest BCUT2D eigenvalue weighted by molar-refractivity contribution is -0.117. The molecule has 0 heterocycles. The molecule has 1 aromatic rings. The van der Waals surface area contributed by atoms with Crippen LogP contribution >= 0.6 is 0 Å². The molecule has 2 saturated carbocycles. The molecule has 0 radical (unpaired) electrons. The number of hydrogen-bond donors (Lipinski definition) is 3. The lowest BCUT2D eigenvalue weighted by Gasteiger charge is -2.44. The molecule has 2 aliphatic carbocycles. The molecule has 8 nitrogen and oxygen atoms in total. The van der Waals surface area contributed by atoms with Crippen LogP contribution in [0.4, 0.5) is 4.79 Å². The van der Waals surface area contributed by atoms with Gasteiger partial charge in [-0.05, 0) is 57.5 Å². The normalized spacial score (nSPS) is 26.6. The van der Waals surface area contributed by atoms with Crippen molar-refractivity contribution < 1.29 is 24.2 Å². The van der Waals surface area contributed by atoms with Gasteiger partial charge in [-0.3, -0.25) is 0 Å². The number of aldehydes is 1. The Hall–Kier alpha value is -2.16. The highest BCUT2D eigenvalue weighted by atomic mass is 16.6.